The summed E-state index contributed by atoms with van der Waals surface area (Å²) < 4.78 is 0. The summed E-state index contributed by atoms with van der Waals surface area (Å²) >= 11 is 0. The highest BCUT2D eigenvalue weighted by Gasteiger charge is 2.30. The van der Waals surface area contributed by atoms with Crippen molar-refractivity contribution >= 4 is 47.5 Å². The average molecular weight is 659 g/mol. The molecule has 262 valence electrons. The van der Waals surface area contributed by atoms with E-state index in [-0.39, 0.29) is 70.0 Å². The Labute approximate surface area is 266 Å². The number of nitrogens with one attached hydrogen (secondary N) is 4. The molecule has 0 fully saturated rings. The second-order valence-electron chi connectivity index (χ2n) is 10.5. The molecule has 0 aliphatic carbocycles. The highest BCUT2D eigenvalue weighted by atomic mass is 16.4. The number of nitrogens with two attached hydrogens (primary N) is 6. The summed E-state index contributed by atoms with van der Waals surface area (Å²) in [6.45, 7) is 1.92. The molecule has 0 spiro atoms. The number of amides is 4. The fourth-order valence-electron chi connectivity index (χ4n) is 3.93. The molecular weight excluding hydrogens is 608 g/mol. The summed E-state index contributed by atoms with van der Waals surface area (Å²) in [5.41, 5.74) is 32.5. The number of rotatable bonds is 24. The lowest BCUT2D eigenvalue weighted by atomic mass is 10.0. The Morgan fingerprint density at radius 2 is 1.09 bits per heavy atom. The van der Waals surface area contributed by atoms with Crippen molar-refractivity contribution in [2.75, 3.05) is 19.6 Å². The number of nitrogens with zero attached hydrogens (tertiary/aromatic N) is 2. The Morgan fingerprint density at radius 3 is 1.54 bits per heavy atom. The van der Waals surface area contributed by atoms with E-state index in [0.717, 1.165) is 0 Å². The van der Waals surface area contributed by atoms with Crippen LogP contribution >= 0.6 is 0 Å². The smallest absolute Gasteiger partial charge is 0.326 e. The van der Waals surface area contributed by atoms with Crippen molar-refractivity contribution in [2.45, 2.75) is 94.9 Å². The molecule has 20 heteroatoms. The lowest BCUT2D eigenvalue weighted by molar-refractivity contribution is -0.142. The van der Waals surface area contributed by atoms with E-state index in [4.69, 9.17) is 39.5 Å². The standard InChI is InChI=1S/C26H50N12O8/c1-14(35-21(42)15(28)9-10-19(39)40)20(41)36-16(6-2-3-11-27)22(43)37-17(7-4-12-33-25(29)30)23(44)38-18(24(45)46)8-5-13-34-26(31)32/h14-18H,2-13,27-28H2,1H3,(H,35,42)(H,36,41)(H,37,43)(H,38,44)(H,39,40)(H,45,46)(H4,29,30,33)(H4,31,32,34)/t14-,15-,16-,17-,18-/m0/s1. The summed E-state index contributed by atoms with van der Waals surface area (Å²) in [6.07, 6.45) is 1.06. The number of carboxylic acids is 2. The van der Waals surface area contributed by atoms with Gasteiger partial charge in [0.1, 0.15) is 24.2 Å². The van der Waals surface area contributed by atoms with Gasteiger partial charge in [0.15, 0.2) is 11.9 Å². The minimum Gasteiger partial charge on any atom is -0.481 e. The van der Waals surface area contributed by atoms with Gasteiger partial charge in [-0.05, 0) is 64.8 Å². The van der Waals surface area contributed by atoms with Crippen LogP contribution in [0.5, 0.6) is 0 Å². The first-order chi connectivity index (χ1) is 21.6. The zero-order valence-electron chi connectivity index (χ0n) is 26.1. The first-order valence-corrected chi connectivity index (χ1v) is 14.8. The first-order valence-electron chi connectivity index (χ1n) is 14.8. The van der Waals surface area contributed by atoms with Gasteiger partial charge in [-0.25, -0.2) is 4.79 Å². The number of guanidine groups is 2. The Bertz CT molecular complexity index is 1080. The van der Waals surface area contributed by atoms with Gasteiger partial charge >= 0.3 is 11.9 Å². The van der Waals surface area contributed by atoms with Crippen LogP contribution in [-0.4, -0.2) is 108 Å². The van der Waals surface area contributed by atoms with Crippen LogP contribution in [0.4, 0.5) is 0 Å². The van der Waals surface area contributed by atoms with Crippen molar-refractivity contribution in [3.63, 3.8) is 0 Å². The summed E-state index contributed by atoms with van der Waals surface area (Å²) in [5.74, 6) is -5.82. The maximum atomic E-state index is 13.4. The van der Waals surface area contributed by atoms with Crippen molar-refractivity contribution < 1.29 is 39.0 Å². The number of unbranched alkanes of at least 4 members (excludes halogenated alkanes) is 1. The van der Waals surface area contributed by atoms with E-state index in [2.05, 4.69) is 31.3 Å². The fraction of sp³-hybridized carbons (Fsp3) is 0.692. The molecule has 0 radical (unpaired) electrons. The second-order valence-corrected chi connectivity index (χ2v) is 10.5. The van der Waals surface area contributed by atoms with E-state index in [1.165, 1.54) is 6.92 Å². The van der Waals surface area contributed by atoms with E-state index in [9.17, 15) is 33.9 Å². The number of hydrogen-bond acceptors (Lipinski definition) is 10. The van der Waals surface area contributed by atoms with Gasteiger partial charge in [0, 0.05) is 19.5 Å². The third-order valence-corrected chi connectivity index (χ3v) is 6.48. The summed E-state index contributed by atoms with van der Waals surface area (Å²) in [4.78, 5) is 82.0. The molecule has 0 saturated carbocycles. The molecular formula is C26H50N12O8. The van der Waals surface area contributed by atoms with E-state index >= 15 is 0 Å². The predicted octanol–water partition coefficient (Wildman–Crippen LogP) is -4.54. The maximum absolute atomic E-state index is 13.4. The highest BCUT2D eigenvalue weighted by Crippen LogP contribution is 2.07. The Kier molecular flexibility index (Phi) is 20.4. The molecule has 0 heterocycles. The second kappa shape index (κ2) is 22.7. The minimum atomic E-state index is -1.31. The molecule has 0 aromatic heterocycles. The molecule has 4 amide bonds. The van der Waals surface area contributed by atoms with Gasteiger partial charge in [-0.2, -0.15) is 0 Å². The molecule has 0 aliphatic rings. The normalized spacial score (nSPS) is 13.9. The summed E-state index contributed by atoms with van der Waals surface area (Å²) in [5, 5.41) is 28.3. The van der Waals surface area contributed by atoms with Crippen LogP contribution < -0.4 is 55.7 Å². The molecule has 0 bridgehead atoms. The predicted molar refractivity (Wildman–Crippen MR) is 169 cm³/mol. The molecule has 0 unspecified atom stereocenters. The van der Waals surface area contributed by atoms with Gasteiger partial charge in [-0.1, -0.05) is 0 Å². The van der Waals surface area contributed by atoms with E-state index < -0.39 is 65.8 Å². The highest BCUT2D eigenvalue weighted by molar-refractivity contribution is 5.95. The first kappa shape index (κ1) is 41.3. The molecule has 0 aliphatic heterocycles. The van der Waals surface area contributed by atoms with Crippen LogP contribution in [0.15, 0.2) is 9.98 Å². The van der Waals surface area contributed by atoms with E-state index in [0.29, 0.717) is 19.4 Å². The third-order valence-electron chi connectivity index (χ3n) is 6.48. The third kappa shape index (κ3) is 18.8. The lowest BCUT2D eigenvalue weighted by Gasteiger charge is -2.25. The number of carboxylic acid groups (broad SMARTS) is 2. The minimum absolute atomic E-state index is 0.00609. The summed E-state index contributed by atoms with van der Waals surface area (Å²) in [6, 6.07) is -6.04. The van der Waals surface area contributed by atoms with Crippen LogP contribution in [0.3, 0.4) is 0 Å². The van der Waals surface area contributed by atoms with Crippen LogP contribution in [-0.2, 0) is 28.8 Å². The molecule has 0 aromatic carbocycles. The van der Waals surface area contributed by atoms with Crippen LogP contribution in [0.25, 0.3) is 0 Å². The van der Waals surface area contributed by atoms with Crippen LogP contribution in [0, 0.1) is 0 Å². The van der Waals surface area contributed by atoms with Gasteiger partial charge in [-0.15, -0.1) is 0 Å². The van der Waals surface area contributed by atoms with Crippen molar-refractivity contribution in [1.82, 2.24) is 21.3 Å². The monoisotopic (exact) mass is 658 g/mol. The van der Waals surface area contributed by atoms with Gasteiger partial charge in [0.2, 0.25) is 23.6 Å². The van der Waals surface area contributed by atoms with E-state index in [1.807, 2.05) is 0 Å². The van der Waals surface area contributed by atoms with Crippen LogP contribution in [0.1, 0.15) is 64.7 Å². The molecule has 20 nitrogen and oxygen atoms in total. The number of carbonyl (C=O) groups excluding carboxylic acids is 4. The van der Waals surface area contributed by atoms with Crippen molar-refractivity contribution in [3.8, 4) is 0 Å². The van der Waals surface area contributed by atoms with Crippen LogP contribution in [0.2, 0.25) is 0 Å². The average Bonchev–Trinajstić information content (AvgIpc) is 2.97. The van der Waals surface area contributed by atoms with Crippen molar-refractivity contribution in [3.05, 3.63) is 0 Å². The van der Waals surface area contributed by atoms with Crippen molar-refractivity contribution in [2.24, 2.45) is 44.4 Å². The molecule has 0 rings (SSSR count). The Balaban J connectivity index is 5.75. The van der Waals surface area contributed by atoms with Crippen molar-refractivity contribution in [1.29, 1.82) is 0 Å². The molecule has 0 saturated heterocycles. The molecule has 5 atom stereocenters. The SMILES string of the molecule is C[C@H](NC(=O)[C@@H](N)CCC(=O)O)C(=O)N[C@@H](CCCCN)C(=O)N[C@@H](CCCN=C(N)N)C(=O)N[C@@H](CCCN=C(N)N)C(=O)O. The van der Waals surface area contributed by atoms with E-state index in [1.54, 1.807) is 0 Å². The van der Waals surface area contributed by atoms with Gasteiger partial charge in [-0.3, -0.25) is 34.0 Å². The molecule has 0 aromatic rings. The van der Waals surface area contributed by atoms with Gasteiger partial charge < -0.3 is 65.9 Å². The molecule has 18 N–H and O–H groups in total. The quantitative estimate of drug-likeness (QED) is 0.0264. The maximum Gasteiger partial charge on any atom is 0.326 e. The number of carbonyl (C=O) groups is 6. The zero-order valence-corrected chi connectivity index (χ0v) is 26.1. The number of aliphatic imine (C=N–C) groups is 2. The van der Waals surface area contributed by atoms with Gasteiger partial charge in [0.25, 0.3) is 0 Å². The fourth-order valence-corrected chi connectivity index (χ4v) is 3.93. The van der Waals surface area contributed by atoms with Gasteiger partial charge in [0.05, 0.1) is 6.04 Å². The lowest BCUT2D eigenvalue weighted by Crippen LogP contribution is -2.58. The topological polar surface area (TPSA) is 372 Å². The summed E-state index contributed by atoms with van der Waals surface area (Å²) in [7, 11) is 0. The largest absolute Gasteiger partial charge is 0.481 e. The zero-order chi connectivity index (χ0) is 35.2. The number of hydrogen-bond donors (Lipinski definition) is 12. The Morgan fingerprint density at radius 1 is 0.630 bits per heavy atom. The number of aliphatic carboxylic acids is 2. The molecule has 46 heavy (non-hydrogen) atoms. The Hall–Kier alpha value is -4.72.